The molecule has 2 amide bonds. The fourth-order valence-electron chi connectivity index (χ4n) is 3.22. The molecule has 3 rings (SSSR count). The molecule has 1 aliphatic rings. The number of ether oxygens (including phenoxy) is 1. The molecule has 2 aromatic heterocycles. The Morgan fingerprint density at radius 1 is 1.30 bits per heavy atom. The summed E-state index contributed by atoms with van der Waals surface area (Å²) in [7, 11) is 3.48. The van der Waals surface area contributed by atoms with Crippen LogP contribution >= 0.6 is 0 Å². The fourth-order valence-corrected chi connectivity index (χ4v) is 3.22. The van der Waals surface area contributed by atoms with Crippen molar-refractivity contribution in [3.63, 3.8) is 0 Å². The highest BCUT2D eigenvalue weighted by Crippen LogP contribution is 2.16. The quantitative estimate of drug-likeness (QED) is 0.812. The molecule has 1 aliphatic heterocycles. The normalized spacial score (nSPS) is 15.7. The lowest BCUT2D eigenvalue weighted by atomic mass is 10.2. The molecule has 3 heterocycles. The molecule has 1 fully saturated rings. The summed E-state index contributed by atoms with van der Waals surface area (Å²) >= 11 is 0. The predicted molar refractivity (Wildman–Crippen MR) is 102 cm³/mol. The van der Waals surface area contributed by atoms with Gasteiger partial charge in [-0.05, 0) is 12.5 Å². The molecule has 146 valence electrons. The maximum Gasteiger partial charge on any atom is 0.318 e. The average Bonchev–Trinajstić information content (AvgIpc) is 3.13. The van der Waals surface area contributed by atoms with Crippen LogP contribution in [0.1, 0.15) is 24.4 Å². The van der Waals surface area contributed by atoms with E-state index in [-0.39, 0.29) is 12.1 Å². The zero-order valence-corrected chi connectivity index (χ0v) is 16.1. The zero-order chi connectivity index (χ0) is 19.2. The van der Waals surface area contributed by atoms with Gasteiger partial charge in [-0.25, -0.2) is 14.8 Å². The van der Waals surface area contributed by atoms with Crippen LogP contribution in [0, 0.1) is 0 Å². The van der Waals surface area contributed by atoms with Crippen LogP contribution in [0.5, 0.6) is 0 Å². The van der Waals surface area contributed by atoms with E-state index >= 15 is 0 Å². The van der Waals surface area contributed by atoms with E-state index in [1.807, 2.05) is 24.1 Å². The Morgan fingerprint density at radius 2 is 2.07 bits per heavy atom. The number of carbonyl (C=O) groups excluding carboxylic acids is 1. The number of methoxy groups -OCH3 is 1. The van der Waals surface area contributed by atoms with Gasteiger partial charge in [0.2, 0.25) is 0 Å². The van der Waals surface area contributed by atoms with Crippen molar-refractivity contribution in [3.05, 3.63) is 36.0 Å². The molecule has 0 saturated carbocycles. The van der Waals surface area contributed by atoms with Gasteiger partial charge in [0.05, 0.1) is 18.3 Å². The minimum absolute atomic E-state index is 0.0881. The highest BCUT2D eigenvalue weighted by Gasteiger charge is 2.25. The van der Waals surface area contributed by atoms with Crippen LogP contribution < -0.4 is 10.2 Å². The number of nitrogens with zero attached hydrogens (tertiary/aromatic N) is 6. The second-order valence-electron chi connectivity index (χ2n) is 6.53. The number of piperazine rings is 1. The van der Waals surface area contributed by atoms with E-state index in [2.05, 4.69) is 32.2 Å². The number of aryl methyl sites for hydroxylation is 2. The molecule has 0 spiro atoms. The number of anilines is 1. The summed E-state index contributed by atoms with van der Waals surface area (Å²) in [5.74, 6) is 0.925. The lowest BCUT2D eigenvalue weighted by Gasteiger charge is -2.36. The Morgan fingerprint density at radius 3 is 2.70 bits per heavy atom. The molecule has 0 radical (unpaired) electrons. The summed E-state index contributed by atoms with van der Waals surface area (Å²) < 4.78 is 7.02. The molecule has 0 aromatic carbocycles. The summed E-state index contributed by atoms with van der Waals surface area (Å²) in [6.45, 7) is 5.24. The van der Waals surface area contributed by atoms with Gasteiger partial charge in [0.1, 0.15) is 12.1 Å². The van der Waals surface area contributed by atoms with Gasteiger partial charge < -0.3 is 19.9 Å². The van der Waals surface area contributed by atoms with Crippen molar-refractivity contribution in [1.82, 2.24) is 30.0 Å². The van der Waals surface area contributed by atoms with Crippen LogP contribution in [0.15, 0.2) is 24.7 Å². The molecular formula is C18H27N7O2. The van der Waals surface area contributed by atoms with Crippen molar-refractivity contribution < 1.29 is 9.53 Å². The molecular weight excluding hydrogens is 346 g/mol. The molecule has 1 atom stereocenters. The zero-order valence-electron chi connectivity index (χ0n) is 16.1. The number of amides is 2. The number of urea groups is 1. The molecule has 1 N–H and O–H groups in total. The van der Waals surface area contributed by atoms with Gasteiger partial charge in [-0.15, -0.1) is 0 Å². The number of hydrogen-bond donors (Lipinski definition) is 1. The van der Waals surface area contributed by atoms with Crippen LogP contribution in [0.3, 0.4) is 0 Å². The third-order valence-corrected chi connectivity index (χ3v) is 4.81. The van der Waals surface area contributed by atoms with E-state index < -0.39 is 0 Å². The summed E-state index contributed by atoms with van der Waals surface area (Å²) in [6, 6.07) is 3.59. The smallest absolute Gasteiger partial charge is 0.318 e. The van der Waals surface area contributed by atoms with E-state index in [4.69, 9.17) is 4.74 Å². The number of nitrogens with one attached hydrogen (secondary N) is 1. The Balaban J connectivity index is 1.58. The molecule has 2 aromatic rings. The molecule has 0 aliphatic carbocycles. The first-order chi connectivity index (χ1) is 13.1. The maximum absolute atomic E-state index is 12.7. The summed E-state index contributed by atoms with van der Waals surface area (Å²) in [5, 5.41) is 7.24. The second kappa shape index (κ2) is 8.81. The van der Waals surface area contributed by atoms with E-state index in [1.54, 1.807) is 24.3 Å². The molecule has 1 saturated heterocycles. The first-order valence-electron chi connectivity index (χ1n) is 9.20. The number of aromatic nitrogens is 4. The number of rotatable bonds is 6. The molecule has 9 nitrogen and oxygen atoms in total. The third kappa shape index (κ3) is 4.54. The second-order valence-corrected chi connectivity index (χ2v) is 6.53. The Kier molecular flexibility index (Phi) is 6.23. The Labute approximate surface area is 159 Å². The van der Waals surface area contributed by atoms with Gasteiger partial charge in [0, 0.05) is 58.3 Å². The minimum Gasteiger partial charge on any atom is -0.382 e. The van der Waals surface area contributed by atoms with Crippen LogP contribution in [-0.2, 0) is 18.2 Å². The lowest BCUT2D eigenvalue weighted by molar-refractivity contribution is 0.151. The molecule has 27 heavy (non-hydrogen) atoms. The number of carbonyl (C=O) groups is 1. The Hall–Kier alpha value is -2.68. The van der Waals surface area contributed by atoms with Crippen LogP contribution in [0.4, 0.5) is 10.6 Å². The van der Waals surface area contributed by atoms with E-state index in [1.165, 1.54) is 0 Å². The summed E-state index contributed by atoms with van der Waals surface area (Å²) in [5.41, 5.74) is 1.94. The predicted octanol–water partition coefficient (Wildman–Crippen LogP) is 0.992. The molecule has 9 heteroatoms. The van der Waals surface area contributed by atoms with Crippen LogP contribution in [0.25, 0.3) is 0 Å². The van der Waals surface area contributed by atoms with Crippen LogP contribution in [0.2, 0.25) is 0 Å². The monoisotopic (exact) mass is 373 g/mol. The van der Waals surface area contributed by atoms with Crippen molar-refractivity contribution >= 4 is 11.8 Å². The van der Waals surface area contributed by atoms with Gasteiger partial charge in [-0.1, -0.05) is 6.92 Å². The molecule has 0 unspecified atom stereocenters. The average molecular weight is 373 g/mol. The van der Waals surface area contributed by atoms with Gasteiger partial charge in [-0.3, -0.25) is 4.68 Å². The van der Waals surface area contributed by atoms with Crippen molar-refractivity contribution in [1.29, 1.82) is 0 Å². The lowest BCUT2D eigenvalue weighted by Crippen LogP contribution is -2.53. The Bertz CT molecular complexity index is 756. The summed E-state index contributed by atoms with van der Waals surface area (Å²) in [6.07, 6.45) is 4.21. The van der Waals surface area contributed by atoms with Crippen molar-refractivity contribution in [2.24, 2.45) is 7.05 Å². The van der Waals surface area contributed by atoms with E-state index in [0.29, 0.717) is 19.7 Å². The van der Waals surface area contributed by atoms with Gasteiger partial charge in [-0.2, -0.15) is 5.10 Å². The fraction of sp³-hybridized carbons (Fsp3) is 0.556. The van der Waals surface area contributed by atoms with Crippen molar-refractivity contribution in [2.45, 2.75) is 19.4 Å². The van der Waals surface area contributed by atoms with E-state index in [0.717, 1.165) is 36.7 Å². The third-order valence-electron chi connectivity index (χ3n) is 4.81. The number of hydrogen-bond acceptors (Lipinski definition) is 6. The van der Waals surface area contributed by atoms with Crippen molar-refractivity contribution in [2.75, 3.05) is 44.8 Å². The standard InChI is InChI=1S/C18H27N7O2/c1-4-14-11-17(20-13-19-14)24-7-9-25(10-8-24)18(26)22-15(12-27-3)16-5-6-21-23(16)2/h5-6,11,13,15H,4,7-10,12H2,1-3H3,(H,22,26)/t15-/m0/s1. The van der Waals surface area contributed by atoms with Crippen molar-refractivity contribution in [3.8, 4) is 0 Å². The van der Waals surface area contributed by atoms with Crippen LogP contribution in [-0.4, -0.2) is 70.6 Å². The van der Waals surface area contributed by atoms with E-state index in [9.17, 15) is 4.79 Å². The minimum atomic E-state index is -0.234. The SMILES string of the molecule is CCc1cc(N2CCN(C(=O)N[C@@H](COC)c3ccnn3C)CC2)ncn1. The topological polar surface area (TPSA) is 88.4 Å². The molecule has 0 bridgehead atoms. The summed E-state index contributed by atoms with van der Waals surface area (Å²) in [4.78, 5) is 25.4. The first kappa shape index (κ1) is 19.1. The highest BCUT2D eigenvalue weighted by molar-refractivity contribution is 5.75. The first-order valence-corrected chi connectivity index (χ1v) is 9.20. The largest absolute Gasteiger partial charge is 0.382 e. The van der Waals surface area contributed by atoms with Gasteiger partial charge in [0.15, 0.2) is 0 Å². The van der Waals surface area contributed by atoms with Gasteiger partial charge in [0.25, 0.3) is 0 Å². The van der Waals surface area contributed by atoms with Gasteiger partial charge >= 0.3 is 6.03 Å². The highest BCUT2D eigenvalue weighted by atomic mass is 16.5. The maximum atomic E-state index is 12.7.